The average Bonchev–Trinajstić information content (AvgIpc) is 2.71. The van der Waals surface area contributed by atoms with Gasteiger partial charge in [-0.1, -0.05) is 20.8 Å². The lowest BCUT2D eigenvalue weighted by Gasteiger charge is -2.18. The van der Waals surface area contributed by atoms with Crippen LogP contribution < -0.4 is 5.32 Å². The molecule has 106 valence electrons. The van der Waals surface area contributed by atoms with Crippen molar-refractivity contribution in [2.45, 2.75) is 32.6 Å². The van der Waals surface area contributed by atoms with Gasteiger partial charge in [-0.05, 0) is 11.7 Å². The Labute approximate surface area is 116 Å². The Morgan fingerprint density at radius 2 is 2.21 bits per heavy atom. The van der Waals surface area contributed by atoms with Crippen LogP contribution in [-0.2, 0) is 16.1 Å². The third-order valence-electron chi connectivity index (χ3n) is 2.40. The van der Waals surface area contributed by atoms with E-state index in [1.54, 1.807) is 17.8 Å². The summed E-state index contributed by atoms with van der Waals surface area (Å²) in [6, 6.07) is 1.59. The van der Waals surface area contributed by atoms with Crippen LogP contribution in [0.4, 0.5) is 5.82 Å². The molecule has 0 fully saturated rings. The lowest BCUT2D eigenvalue weighted by Crippen LogP contribution is -2.30. The number of anilines is 1. The molecule has 19 heavy (non-hydrogen) atoms. The molecule has 1 unspecified atom stereocenters. The second-order valence-electron chi connectivity index (χ2n) is 4.40. The molecule has 0 aliphatic heterocycles. The van der Waals surface area contributed by atoms with Crippen molar-refractivity contribution in [3.05, 3.63) is 12.3 Å². The van der Waals surface area contributed by atoms with Gasteiger partial charge in [-0.2, -0.15) is 5.10 Å². The van der Waals surface area contributed by atoms with Crippen molar-refractivity contribution in [1.82, 2.24) is 9.78 Å². The molecule has 0 aliphatic rings. The minimum absolute atomic E-state index is 0.0950. The molecule has 0 aliphatic carbocycles. The summed E-state index contributed by atoms with van der Waals surface area (Å²) in [7, 11) is 0. The fourth-order valence-electron chi connectivity index (χ4n) is 1.60. The zero-order valence-corrected chi connectivity index (χ0v) is 12.1. The molecule has 1 atom stereocenters. The van der Waals surface area contributed by atoms with E-state index in [1.807, 2.05) is 20.8 Å². The van der Waals surface area contributed by atoms with E-state index in [9.17, 15) is 9.59 Å². The molecule has 1 heterocycles. The van der Waals surface area contributed by atoms with Crippen molar-refractivity contribution in [1.29, 1.82) is 0 Å². The van der Waals surface area contributed by atoms with Crippen LogP contribution in [0.1, 0.15) is 20.8 Å². The molecule has 0 bridgehead atoms. The summed E-state index contributed by atoms with van der Waals surface area (Å²) in [6.07, 6.45) is 1.53. The van der Waals surface area contributed by atoms with Gasteiger partial charge in [-0.15, -0.1) is 11.8 Å². The maximum absolute atomic E-state index is 12.1. The van der Waals surface area contributed by atoms with Gasteiger partial charge in [0, 0.05) is 12.3 Å². The van der Waals surface area contributed by atoms with E-state index in [0.717, 1.165) is 5.75 Å². The molecule has 7 heteroatoms. The fraction of sp³-hybridized carbons (Fsp3) is 0.583. The van der Waals surface area contributed by atoms with Gasteiger partial charge < -0.3 is 10.4 Å². The normalized spacial score (nSPS) is 12.4. The molecular weight excluding hydrogens is 266 g/mol. The van der Waals surface area contributed by atoms with E-state index < -0.39 is 5.97 Å². The Balaban J connectivity index is 2.64. The highest BCUT2D eigenvalue weighted by Crippen LogP contribution is 2.20. The zero-order valence-electron chi connectivity index (χ0n) is 11.3. The minimum atomic E-state index is -0.970. The number of nitrogens with zero attached hydrogens (tertiary/aromatic N) is 2. The van der Waals surface area contributed by atoms with Crippen LogP contribution in [0.3, 0.4) is 0 Å². The van der Waals surface area contributed by atoms with Gasteiger partial charge >= 0.3 is 5.97 Å². The highest BCUT2D eigenvalue weighted by molar-refractivity contribution is 8.00. The number of carboxylic acid groups (broad SMARTS) is 1. The maximum atomic E-state index is 12.1. The van der Waals surface area contributed by atoms with Gasteiger partial charge in [-0.3, -0.25) is 14.3 Å². The smallest absolute Gasteiger partial charge is 0.325 e. The standard InChI is InChI=1S/C12H19N3O3S/c1-4-19-11(8(2)3)12(18)13-9-5-6-15(14-9)7-10(16)17/h5-6,8,11H,4,7H2,1-3H3,(H,16,17)(H,13,14,18). The van der Waals surface area contributed by atoms with Crippen LogP contribution in [0.2, 0.25) is 0 Å². The molecule has 0 radical (unpaired) electrons. The summed E-state index contributed by atoms with van der Waals surface area (Å²) < 4.78 is 1.27. The van der Waals surface area contributed by atoms with Gasteiger partial charge in [0.25, 0.3) is 0 Å². The number of nitrogens with one attached hydrogen (secondary N) is 1. The summed E-state index contributed by atoms with van der Waals surface area (Å²) >= 11 is 1.59. The summed E-state index contributed by atoms with van der Waals surface area (Å²) in [5.74, 6) is 0.411. The maximum Gasteiger partial charge on any atom is 0.325 e. The molecule has 0 spiro atoms. The lowest BCUT2D eigenvalue weighted by atomic mass is 10.1. The molecule has 2 N–H and O–H groups in total. The fourth-order valence-corrected chi connectivity index (χ4v) is 2.56. The molecule has 1 amide bonds. The molecule has 1 aromatic rings. The number of thioether (sulfide) groups is 1. The van der Waals surface area contributed by atoms with Gasteiger partial charge in [0.15, 0.2) is 5.82 Å². The van der Waals surface area contributed by atoms with Crippen LogP contribution in [0.15, 0.2) is 12.3 Å². The largest absolute Gasteiger partial charge is 0.480 e. The van der Waals surface area contributed by atoms with Gasteiger partial charge in [0.05, 0.1) is 5.25 Å². The Morgan fingerprint density at radius 3 is 2.74 bits per heavy atom. The minimum Gasteiger partial charge on any atom is -0.480 e. The van der Waals surface area contributed by atoms with Crippen molar-refractivity contribution >= 4 is 29.5 Å². The Hall–Kier alpha value is -1.50. The van der Waals surface area contributed by atoms with Crippen molar-refractivity contribution in [2.24, 2.45) is 5.92 Å². The quantitative estimate of drug-likeness (QED) is 0.796. The van der Waals surface area contributed by atoms with Crippen LogP contribution in [0, 0.1) is 5.92 Å². The topological polar surface area (TPSA) is 84.2 Å². The van der Waals surface area contributed by atoms with Crippen LogP contribution in [0.25, 0.3) is 0 Å². The predicted molar refractivity (Wildman–Crippen MR) is 75.3 cm³/mol. The van der Waals surface area contributed by atoms with Gasteiger partial charge in [0.2, 0.25) is 5.91 Å². The number of hydrogen-bond donors (Lipinski definition) is 2. The average molecular weight is 285 g/mol. The summed E-state index contributed by atoms with van der Waals surface area (Å²) in [5.41, 5.74) is 0. The van der Waals surface area contributed by atoms with Gasteiger partial charge in [0.1, 0.15) is 6.54 Å². The lowest BCUT2D eigenvalue weighted by molar-refractivity contribution is -0.137. The monoisotopic (exact) mass is 285 g/mol. The first-order valence-corrected chi connectivity index (χ1v) is 7.16. The number of aliphatic carboxylic acids is 1. The van der Waals surface area contributed by atoms with E-state index in [0.29, 0.717) is 5.82 Å². The van der Waals surface area contributed by atoms with Crippen LogP contribution >= 0.6 is 11.8 Å². The highest BCUT2D eigenvalue weighted by atomic mass is 32.2. The summed E-state index contributed by atoms with van der Waals surface area (Å²) in [6.45, 7) is 5.79. The van der Waals surface area contributed by atoms with E-state index in [2.05, 4.69) is 10.4 Å². The molecule has 6 nitrogen and oxygen atoms in total. The molecule has 0 saturated heterocycles. The second-order valence-corrected chi connectivity index (χ2v) is 5.82. The van der Waals surface area contributed by atoms with Crippen molar-refractivity contribution in [3.63, 3.8) is 0 Å². The van der Waals surface area contributed by atoms with Crippen molar-refractivity contribution < 1.29 is 14.7 Å². The first kappa shape index (κ1) is 15.6. The number of carboxylic acids is 1. The SMILES string of the molecule is CCSC(C(=O)Nc1ccn(CC(=O)O)n1)C(C)C. The molecule has 0 aromatic carbocycles. The predicted octanol–water partition coefficient (Wildman–Crippen LogP) is 1.68. The van der Waals surface area contributed by atoms with Crippen molar-refractivity contribution in [3.8, 4) is 0 Å². The highest BCUT2D eigenvalue weighted by Gasteiger charge is 2.22. The first-order valence-electron chi connectivity index (χ1n) is 6.11. The first-order chi connectivity index (χ1) is 8.93. The number of carbonyl (C=O) groups is 2. The van der Waals surface area contributed by atoms with E-state index in [1.165, 1.54) is 10.9 Å². The zero-order chi connectivity index (χ0) is 14.4. The molecule has 0 saturated carbocycles. The Bertz CT molecular complexity index is 445. The van der Waals surface area contributed by atoms with Crippen molar-refractivity contribution in [2.75, 3.05) is 11.1 Å². The van der Waals surface area contributed by atoms with E-state index in [4.69, 9.17) is 5.11 Å². The summed E-state index contributed by atoms with van der Waals surface area (Å²) in [4.78, 5) is 22.6. The second kappa shape index (κ2) is 7.18. The molecule has 1 rings (SSSR count). The third kappa shape index (κ3) is 4.94. The third-order valence-corrected chi connectivity index (χ3v) is 3.85. The molecular formula is C12H19N3O3S. The van der Waals surface area contributed by atoms with E-state index in [-0.39, 0.29) is 23.6 Å². The molecule has 1 aromatic heterocycles. The number of aromatic nitrogens is 2. The van der Waals surface area contributed by atoms with E-state index >= 15 is 0 Å². The number of carbonyl (C=O) groups excluding carboxylic acids is 1. The number of rotatable bonds is 7. The number of hydrogen-bond acceptors (Lipinski definition) is 4. The summed E-state index contributed by atoms with van der Waals surface area (Å²) in [5, 5.41) is 15.2. The van der Waals surface area contributed by atoms with Crippen LogP contribution in [-0.4, -0.2) is 37.8 Å². The Kier molecular flexibility index (Phi) is 5.88. The Morgan fingerprint density at radius 1 is 1.53 bits per heavy atom. The number of amides is 1. The van der Waals surface area contributed by atoms with Gasteiger partial charge in [-0.25, -0.2) is 0 Å². The van der Waals surface area contributed by atoms with Crippen LogP contribution in [0.5, 0.6) is 0 Å².